The van der Waals surface area contributed by atoms with E-state index in [-0.39, 0.29) is 8.97 Å². The summed E-state index contributed by atoms with van der Waals surface area (Å²) in [7, 11) is 0. The van der Waals surface area contributed by atoms with E-state index in [0.29, 0.717) is 5.69 Å². The van der Waals surface area contributed by atoms with Gasteiger partial charge in [-0.05, 0) is 52.2 Å². The number of benzene rings is 1. The molecule has 6 nitrogen and oxygen atoms in total. The van der Waals surface area contributed by atoms with Crippen LogP contribution in [-0.2, 0) is 20.8 Å². The number of halogens is 3. The minimum absolute atomic E-state index is 0.00583. The number of nitrogens with one attached hydrogen (secondary N) is 1. The van der Waals surface area contributed by atoms with Gasteiger partial charge in [-0.3, -0.25) is 4.79 Å². The van der Waals surface area contributed by atoms with Crippen LogP contribution < -0.4 is 5.32 Å². The van der Waals surface area contributed by atoms with E-state index in [9.17, 15) is 14.4 Å². The molecule has 3 N–H and O–H groups in total. The summed E-state index contributed by atoms with van der Waals surface area (Å²) >= 11 is 13.2. The Morgan fingerprint density at radius 2 is 1.65 bits per heavy atom. The summed E-state index contributed by atoms with van der Waals surface area (Å²) in [4.78, 5) is 31.5. The predicted molar refractivity (Wildman–Crippen MR) is 106 cm³/mol. The SMILES string of the molecule is CCc1ccc(NC(=O)/C=C\C(=O)O)cc1.O=C(O)C(Br)=CC=C(Cl)Cl. The lowest BCUT2D eigenvalue weighted by molar-refractivity contribution is -0.132. The van der Waals surface area contributed by atoms with Crippen LogP contribution in [0.2, 0.25) is 0 Å². The third-order valence-electron chi connectivity index (χ3n) is 2.57. The number of aryl methyl sites for hydroxylation is 1. The highest BCUT2D eigenvalue weighted by atomic mass is 79.9. The Kier molecular flexibility index (Phi) is 12.1. The molecule has 0 unspecified atom stereocenters. The summed E-state index contributed by atoms with van der Waals surface area (Å²) in [5.41, 5.74) is 1.83. The summed E-state index contributed by atoms with van der Waals surface area (Å²) in [6, 6.07) is 7.39. The first-order valence-corrected chi connectivity index (χ1v) is 8.63. The molecule has 0 aliphatic heterocycles. The van der Waals surface area contributed by atoms with Crippen LogP contribution >= 0.6 is 39.1 Å². The minimum atomic E-state index is -1.14. The fourth-order valence-electron chi connectivity index (χ4n) is 1.36. The molecule has 26 heavy (non-hydrogen) atoms. The van der Waals surface area contributed by atoms with Crippen molar-refractivity contribution in [2.24, 2.45) is 0 Å². The number of amides is 1. The average Bonchev–Trinajstić information content (AvgIpc) is 2.59. The Balaban J connectivity index is 0.000000541. The van der Waals surface area contributed by atoms with Crippen molar-refractivity contribution in [2.75, 3.05) is 5.32 Å². The van der Waals surface area contributed by atoms with E-state index in [1.807, 2.05) is 19.1 Å². The average molecular weight is 465 g/mol. The van der Waals surface area contributed by atoms with Crippen LogP contribution in [0.15, 0.2) is 57.5 Å². The number of aliphatic carboxylic acids is 2. The Morgan fingerprint density at radius 3 is 2.08 bits per heavy atom. The standard InChI is InChI=1S/C12H13NO3.C5H3BrCl2O2/c1-2-9-3-5-10(6-4-9)13-11(14)7-8-12(15)16;6-3(5(9)10)1-2-4(7)8/h3-8H,2H2,1H3,(H,13,14)(H,15,16);1-2H,(H,9,10)/b8-7-;. The molecule has 0 saturated carbocycles. The molecule has 0 spiro atoms. The van der Waals surface area contributed by atoms with Gasteiger partial charge < -0.3 is 15.5 Å². The van der Waals surface area contributed by atoms with Crippen molar-refractivity contribution in [1.29, 1.82) is 0 Å². The molecule has 0 aliphatic rings. The minimum Gasteiger partial charge on any atom is -0.478 e. The molecule has 1 amide bonds. The van der Waals surface area contributed by atoms with E-state index in [0.717, 1.165) is 18.6 Å². The molecule has 0 aliphatic carbocycles. The van der Waals surface area contributed by atoms with Crippen LogP contribution in [0.3, 0.4) is 0 Å². The zero-order valence-electron chi connectivity index (χ0n) is 13.6. The second-order valence-electron chi connectivity index (χ2n) is 4.49. The number of carboxylic acids is 2. The summed E-state index contributed by atoms with van der Waals surface area (Å²) in [5, 5.41) is 19.2. The fourth-order valence-corrected chi connectivity index (χ4v) is 1.62. The zero-order valence-corrected chi connectivity index (χ0v) is 16.7. The highest BCUT2D eigenvalue weighted by Crippen LogP contribution is 2.11. The monoisotopic (exact) mass is 463 g/mol. The Labute approximate surface area is 168 Å². The number of hydrogen-bond acceptors (Lipinski definition) is 3. The first-order chi connectivity index (χ1) is 12.1. The van der Waals surface area contributed by atoms with Gasteiger partial charge >= 0.3 is 11.9 Å². The molecule has 0 radical (unpaired) electrons. The number of anilines is 1. The van der Waals surface area contributed by atoms with E-state index < -0.39 is 17.8 Å². The van der Waals surface area contributed by atoms with Gasteiger partial charge in [-0.15, -0.1) is 0 Å². The maximum Gasteiger partial charge on any atom is 0.342 e. The van der Waals surface area contributed by atoms with Crippen LogP contribution in [0.25, 0.3) is 0 Å². The molecule has 1 aromatic rings. The van der Waals surface area contributed by atoms with Crippen molar-refractivity contribution in [3.63, 3.8) is 0 Å². The Bertz CT molecular complexity index is 723. The van der Waals surface area contributed by atoms with Gasteiger partial charge in [0.2, 0.25) is 5.91 Å². The lowest BCUT2D eigenvalue weighted by Gasteiger charge is -2.02. The Hall–Kier alpha value is -2.09. The second kappa shape index (κ2) is 13.2. The molecule has 9 heteroatoms. The molecule has 0 heterocycles. The van der Waals surface area contributed by atoms with Gasteiger partial charge in [-0.25, -0.2) is 9.59 Å². The smallest absolute Gasteiger partial charge is 0.342 e. The molecule has 1 rings (SSSR count). The van der Waals surface area contributed by atoms with E-state index in [2.05, 4.69) is 21.2 Å². The maximum atomic E-state index is 11.2. The molecule has 0 aromatic heterocycles. The molecule has 0 atom stereocenters. The highest BCUT2D eigenvalue weighted by Gasteiger charge is 1.99. The molecule has 0 saturated heterocycles. The van der Waals surface area contributed by atoms with Crippen molar-refractivity contribution in [1.82, 2.24) is 0 Å². The lowest BCUT2D eigenvalue weighted by atomic mass is 10.1. The van der Waals surface area contributed by atoms with Gasteiger partial charge in [0.15, 0.2) is 0 Å². The van der Waals surface area contributed by atoms with Crippen LogP contribution in [-0.4, -0.2) is 28.1 Å². The first kappa shape index (κ1) is 23.9. The number of rotatable bonds is 6. The summed E-state index contributed by atoms with van der Waals surface area (Å²) in [6.07, 6.45) is 5.23. The zero-order chi connectivity index (χ0) is 20.1. The summed E-state index contributed by atoms with van der Waals surface area (Å²) in [6.45, 7) is 2.04. The number of carbonyl (C=O) groups excluding carboxylic acids is 1. The van der Waals surface area contributed by atoms with E-state index in [4.69, 9.17) is 33.4 Å². The van der Waals surface area contributed by atoms with Crippen LogP contribution in [0, 0.1) is 0 Å². The van der Waals surface area contributed by atoms with Crippen molar-refractivity contribution in [3.8, 4) is 0 Å². The fraction of sp³-hybridized carbons (Fsp3) is 0.118. The van der Waals surface area contributed by atoms with Gasteiger partial charge in [-0.2, -0.15) is 0 Å². The quantitative estimate of drug-likeness (QED) is 0.424. The van der Waals surface area contributed by atoms with Crippen molar-refractivity contribution < 1.29 is 24.6 Å². The topological polar surface area (TPSA) is 104 Å². The molecule has 0 fully saturated rings. The van der Waals surface area contributed by atoms with E-state index in [1.165, 1.54) is 17.7 Å². The van der Waals surface area contributed by atoms with Gasteiger partial charge in [0, 0.05) is 17.8 Å². The van der Waals surface area contributed by atoms with Crippen LogP contribution in [0.1, 0.15) is 12.5 Å². The predicted octanol–water partition coefficient (Wildman–Crippen LogP) is 4.50. The summed E-state index contributed by atoms with van der Waals surface area (Å²) < 4.78 is 0.0181. The number of hydrogen-bond donors (Lipinski definition) is 3. The maximum absolute atomic E-state index is 11.2. The highest BCUT2D eigenvalue weighted by molar-refractivity contribution is 9.12. The van der Waals surface area contributed by atoms with E-state index in [1.54, 1.807) is 12.1 Å². The van der Waals surface area contributed by atoms with Crippen LogP contribution in [0.5, 0.6) is 0 Å². The van der Waals surface area contributed by atoms with Crippen molar-refractivity contribution in [3.05, 3.63) is 63.1 Å². The van der Waals surface area contributed by atoms with Crippen LogP contribution in [0.4, 0.5) is 5.69 Å². The molecule has 140 valence electrons. The van der Waals surface area contributed by atoms with Gasteiger partial charge in [0.25, 0.3) is 0 Å². The molecule has 0 bridgehead atoms. The van der Waals surface area contributed by atoms with Crippen molar-refractivity contribution in [2.45, 2.75) is 13.3 Å². The third-order valence-corrected chi connectivity index (χ3v) is 3.42. The molecule has 1 aromatic carbocycles. The normalized spacial score (nSPS) is 10.5. The largest absolute Gasteiger partial charge is 0.478 e. The lowest BCUT2D eigenvalue weighted by Crippen LogP contribution is -2.08. The van der Waals surface area contributed by atoms with Gasteiger partial charge in [0.1, 0.15) is 8.97 Å². The summed E-state index contributed by atoms with van der Waals surface area (Å²) in [5.74, 6) is -2.66. The Morgan fingerprint density at radius 1 is 1.08 bits per heavy atom. The second-order valence-corrected chi connectivity index (χ2v) is 6.35. The third kappa shape index (κ3) is 12.3. The van der Waals surface area contributed by atoms with Gasteiger partial charge in [-0.1, -0.05) is 42.3 Å². The van der Waals surface area contributed by atoms with Gasteiger partial charge in [0.05, 0.1) is 0 Å². The number of allylic oxidation sites excluding steroid dienone is 2. The number of carboxylic acid groups (broad SMARTS) is 2. The molecular weight excluding hydrogens is 449 g/mol. The first-order valence-electron chi connectivity index (χ1n) is 7.08. The van der Waals surface area contributed by atoms with E-state index >= 15 is 0 Å². The van der Waals surface area contributed by atoms with Crippen molar-refractivity contribution >= 4 is 62.7 Å². The number of carbonyl (C=O) groups is 3. The molecular formula is C17H16BrCl2NO5.